The van der Waals surface area contributed by atoms with Gasteiger partial charge >= 0.3 is 6.36 Å². The first kappa shape index (κ1) is 22.2. The van der Waals surface area contributed by atoms with Crippen molar-refractivity contribution >= 4 is 0 Å². The molecule has 0 heterocycles. The fourth-order valence-corrected chi connectivity index (χ4v) is 3.70. The van der Waals surface area contributed by atoms with Gasteiger partial charge < -0.3 is 4.74 Å². The summed E-state index contributed by atoms with van der Waals surface area (Å²) in [5.74, 6) is -5.33. The maximum atomic E-state index is 14.7. The topological polar surface area (TPSA) is 9.23 Å². The molecule has 0 saturated heterocycles. The molecule has 0 fully saturated rings. The number of halogens is 6. The number of rotatable bonds is 7. The highest BCUT2D eigenvalue weighted by atomic mass is 19.4. The fourth-order valence-electron chi connectivity index (χ4n) is 3.70. The average Bonchev–Trinajstić information content (AvgIpc) is 2.66. The van der Waals surface area contributed by atoms with Crippen molar-refractivity contribution in [2.45, 2.75) is 58.2 Å². The molecule has 0 saturated carbocycles. The number of allylic oxidation sites excluding steroid dienone is 2. The van der Waals surface area contributed by atoms with Crippen molar-refractivity contribution < 1.29 is 31.1 Å². The molecule has 0 N–H and O–H groups in total. The summed E-state index contributed by atoms with van der Waals surface area (Å²) in [5.41, 5.74) is 2.65. The van der Waals surface area contributed by atoms with E-state index in [1.54, 1.807) is 0 Å². The number of ether oxygens (including phenoxy) is 1. The van der Waals surface area contributed by atoms with Crippen molar-refractivity contribution in [3.05, 3.63) is 64.5 Å². The summed E-state index contributed by atoms with van der Waals surface area (Å²) < 4.78 is 83.0. The van der Waals surface area contributed by atoms with Crippen LogP contribution < -0.4 is 4.74 Å². The molecule has 0 aromatic heterocycles. The smallest absolute Gasteiger partial charge is 0.399 e. The highest BCUT2D eigenvalue weighted by molar-refractivity contribution is 5.67. The van der Waals surface area contributed by atoms with Crippen molar-refractivity contribution in [2.75, 3.05) is 0 Å². The second-order valence-corrected chi connectivity index (χ2v) is 7.47. The van der Waals surface area contributed by atoms with Crippen LogP contribution in [0, 0.1) is 17.5 Å². The number of fused-ring (bicyclic) bond motifs is 1. The zero-order valence-corrected chi connectivity index (χ0v) is 16.5. The Morgan fingerprint density at radius 1 is 0.867 bits per heavy atom. The molecule has 162 valence electrons. The van der Waals surface area contributed by atoms with Crippen LogP contribution >= 0.6 is 0 Å². The third-order valence-corrected chi connectivity index (χ3v) is 5.20. The van der Waals surface area contributed by atoms with Crippen LogP contribution in [0.3, 0.4) is 0 Å². The van der Waals surface area contributed by atoms with E-state index in [0.29, 0.717) is 25.0 Å². The summed E-state index contributed by atoms with van der Waals surface area (Å²) in [6, 6.07) is 4.15. The maximum absolute atomic E-state index is 14.7. The number of benzene rings is 2. The van der Waals surface area contributed by atoms with E-state index in [-0.39, 0.29) is 11.1 Å². The van der Waals surface area contributed by atoms with E-state index in [4.69, 9.17) is 0 Å². The van der Waals surface area contributed by atoms with Crippen molar-refractivity contribution in [1.29, 1.82) is 0 Å². The molecule has 0 atom stereocenters. The molecule has 7 heteroatoms. The molecule has 1 aliphatic carbocycles. The lowest BCUT2D eigenvalue weighted by molar-refractivity contribution is -0.276. The largest absolute Gasteiger partial charge is 0.573 e. The molecule has 0 aliphatic heterocycles. The highest BCUT2D eigenvalue weighted by Crippen LogP contribution is 2.35. The minimum atomic E-state index is -5.24. The molecule has 0 spiro atoms. The lowest BCUT2D eigenvalue weighted by atomic mass is 9.87. The van der Waals surface area contributed by atoms with Crippen molar-refractivity contribution in [3.8, 4) is 16.9 Å². The normalized spacial score (nSPS) is 13.8. The van der Waals surface area contributed by atoms with Crippen LogP contribution in [0.1, 0.15) is 50.2 Å². The molecule has 0 amide bonds. The molecule has 0 unspecified atom stereocenters. The predicted molar refractivity (Wildman–Crippen MR) is 103 cm³/mol. The number of hydrogen-bond acceptors (Lipinski definition) is 1. The lowest BCUT2D eigenvalue weighted by Crippen LogP contribution is -2.19. The molecular weight excluding hydrogens is 406 g/mol. The Balaban J connectivity index is 1.83. The van der Waals surface area contributed by atoms with Crippen LogP contribution in [0.25, 0.3) is 11.1 Å². The molecule has 30 heavy (non-hydrogen) atoms. The zero-order valence-electron chi connectivity index (χ0n) is 16.5. The van der Waals surface area contributed by atoms with Crippen LogP contribution in [0.4, 0.5) is 26.3 Å². The zero-order chi connectivity index (χ0) is 21.9. The molecule has 2 aromatic carbocycles. The second kappa shape index (κ2) is 9.14. The van der Waals surface area contributed by atoms with E-state index in [9.17, 15) is 26.3 Å². The van der Waals surface area contributed by atoms with E-state index in [0.717, 1.165) is 36.8 Å². The summed E-state index contributed by atoms with van der Waals surface area (Å²) >= 11 is 0. The number of unbranched alkanes of at least 4 members (excludes halogenated alkanes) is 3. The summed E-state index contributed by atoms with van der Waals surface area (Å²) in [6.45, 7) is 2.14. The van der Waals surface area contributed by atoms with E-state index in [2.05, 4.69) is 17.7 Å². The third-order valence-electron chi connectivity index (χ3n) is 5.20. The molecule has 2 aromatic rings. The minimum absolute atomic E-state index is 0.0649. The maximum Gasteiger partial charge on any atom is 0.573 e. The highest BCUT2D eigenvalue weighted by Gasteiger charge is 2.34. The number of alkyl halides is 3. The van der Waals surface area contributed by atoms with Crippen LogP contribution in [0.2, 0.25) is 0 Å². The van der Waals surface area contributed by atoms with E-state index >= 15 is 0 Å². The van der Waals surface area contributed by atoms with Crippen molar-refractivity contribution in [1.82, 2.24) is 0 Å². The monoisotopic (exact) mass is 428 g/mol. The van der Waals surface area contributed by atoms with Crippen LogP contribution in [-0.2, 0) is 12.8 Å². The van der Waals surface area contributed by atoms with E-state index in [1.165, 1.54) is 24.1 Å². The van der Waals surface area contributed by atoms with Gasteiger partial charge in [0.25, 0.3) is 0 Å². The van der Waals surface area contributed by atoms with Gasteiger partial charge in [0, 0.05) is 5.56 Å². The summed E-state index contributed by atoms with van der Waals surface area (Å²) in [5, 5.41) is 0. The van der Waals surface area contributed by atoms with Gasteiger partial charge in [0.15, 0.2) is 11.6 Å². The van der Waals surface area contributed by atoms with Gasteiger partial charge in [0.2, 0.25) is 5.75 Å². The standard InChI is InChI=1S/C23H22F6O/c1-2-3-4-5-6-14-7-8-15-10-18(19(24)11-16(15)9-14)17-12-20(25)22(21(26)13-17)30-23(27,28)29/h7,10-13H,2-6,8-9H2,1H3. The van der Waals surface area contributed by atoms with Gasteiger partial charge in [0.05, 0.1) is 0 Å². The van der Waals surface area contributed by atoms with Gasteiger partial charge in [-0.1, -0.05) is 37.8 Å². The van der Waals surface area contributed by atoms with E-state index in [1.807, 2.05) is 0 Å². The predicted octanol–water partition coefficient (Wildman–Crippen LogP) is 7.66. The van der Waals surface area contributed by atoms with Gasteiger partial charge in [-0.2, -0.15) is 0 Å². The lowest BCUT2D eigenvalue weighted by Gasteiger charge is -2.19. The summed E-state index contributed by atoms with van der Waals surface area (Å²) in [4.78, 5) is 0. The fraction of sp³-hybridized carbons (Fsp3) is 0.391. The average molecular weight is 428 g/mol. The van der Waals surface area contributed by atoms with Gasteiger partial charge in [-0.15, -0.1) is 13.2 Å². The minimum Gasteiger partial charge on any atom is -0.399 e. The summed E-state index contributed by atoms with van der Waals surface area (Å²) in [6.07, 6.45) is 3.59. The van der Waals surface area contributed by atoms with Gasteiger partial charge in [-0.25, -0.2) is 13.2 Å². The molecule has 1 aliphatic rings. The number of hydrogen-bond donors (Lipinski definition) is 0. The summed E-state index contributed by atoms with van der Waals surface area (Å²) in [7, 11) is 0. The third kappa shape index (κ3) is 5.37. The Kier molecular flexibility index (Phi) is 6.78. The molecule has 0 bridgehead atoms. The molecule has 3 rings (SSSR count). The van der Waals surface area contributed by atoms with E-state index < -0.39 is 29.6 Å². The van der Waals surface area contributed by atoms with Crippen molar-refractivity contribution in [3.63, 3.8) is 0 Å². The first-order chi connectivity index (χ1) is 14.2. The van der Waals surface area contributed by atoms with Crippen LogP contribution in [0.15, 0.2) is 35.9 Å². The Bertz CT molecular complexity index is 922. The van der Waals surface area contributed by atoms with Crippen LogP contribution in [0.5, 0.6) is 5.75 Å². The first-order valence-corrected chi connectivity index (χ1v) is 9.92. The Labute approximate surface area is 171 Å². The van der Waals surface area contributed by atoms with Gasteiger partial charge in [0.1, 0.15) is 5.82 Å². The Hall–Kier alpha value is -2.44. The molecular formula is C23H22F6O. The Morgan fingerprint density at radius 2 is 1.57 bits per heavy atom. The van der Waals surface area contributed by atoms with Crippen molar-refractivity contribution in [2.24, 2.45) is 0 Å². The molecule has 0 radical (unpaired) electrons. The SMILES string of the molecule is CCCCCCC1=CCc2cc(-c3cc(F)c(OC(F)(F)F)c(F)c3)c(F)cc2C1. The van der Waals surface area contributed by atoms with Gasteiger partial charge in [-0.05, 0) is 66.6 Å². The van der Waals surface area contributed by atoms with Gasteiger partial charge in [-0.3, -0.25) is 0 Å². The van der Waals surface area contributed by atoms with Crippen LogP contribution in [-0.4, -0.2) is 6.36 Å². The first-order valence-electron chi connectivity index (χ1n) is 9.92. The Morgan fingerprint density at radius 3 is 2.20 bits per heavy atom. The second-order valence-electron chi connectivity index (χ2n) is 7.47. The quantitative estimate of drug-likeness (QED) is 0.250. The molecule has 1 nitrogen and oxygen atoms in total.